The third-order valence-electron chi connectivity index (χ3n) is 5.77. The molecule has 0 bridgehead atoms. The van der Waals surface area contributed by atoms with Crippen LogP contribution in [0.4, 0.5) is 4.39 Å². The van der Waals surface area contributed by atoms with E-state index in [9.17, 15) is 4.39 Å². The number of halogens is 1. The third kappa shape index (κ3) is 2.88. The molecule has 0 saturated carbocycles. The van der Waals surface area contributed by atoms with E-state index in [1.54, 1.807) is 6.07 Å². The molecule has 0 unspecified atom stereocenters. The van der Waals surface area contributed by atoms with E-state index in [0.717, 1.165) is 33.2 Å². The number of hydrogen-bond donors (Lipinski definition) is 0. The molecule has 148 valence electrons. The average molecular weight is 397 g/mol. The molecule has 0 aliphatic carbocycles. The van der Waals surface area contributed by atoms with Crippen LogP contribution in [0.2, 0.25) is 0 Å². The fourth-order valence-electron chi connectivity index (χ4n) is 4.19. The van der Waals surface area contributed by atoms with E-state index >= 15 is 0 Å². The van der Waals surface area contributed by atoms with Crippen molar-refractivity contribution in [2.24, 2.45) is 7.05 Å². The number of fused-ring (bicyclic) bond motifs is 3. The lowest BCUT2D eigenvalue weighted by molar-refractivity contribution is -0.660. The molecule has 0 spiro atoms. The smallest absolute Gasteiger partial charge is 0.229 e. The maximum absolute atomic E-state index is 13.7. The van der Waals surface area contributed by atoms with E-state index in [4.69, 9.17) is 4.42 Å². The van der Waals surface area contributed by atoms with Gasteiger partial charge in [-0.3, -0.25) is 0 Å². The number of hydrogen-bond acceptors (Lipinski definition) is 2. The normalized spacial score (nSPS) is 11.5. The van der Waals surface area contributed by atoms with E-state index < -0.39 is 5.95 Å². The number of pyridine rings is 2. The Balaban J connectivity index is 1.81. The highest BCUT2D eigenvalue weighted by Crippen LogP contribution is 2.37. The van der Waals surface area contributed by atoms with Crippen LogP contribution in [0.3, 0.4) is 0 Å². The summed E-state index contributed by atoms with van der Waals surface area (Å²) in [4.78, 5) is 3.95. The van der Waals surface area contributed by atoms with Gasteiger partial charge in [0.05, 0.1) is 5.56 Å². The highest BCUT2D eigenvalue weighted by molar-refractivity contribution is 6.08. The molecule has 0 amide bonds. The maximum Gasteiger partial charge on any atom is 0.229 e. The van der Waals surface area contributed by atoms with E-state index in [1.807, 2.05) is 13.1 Å². The van der Waals surface area contributed by atoms with Gasteiger partial charge in [0, 0.05) is 22.4 Å². The summed E-state index contributed by atoms with van der Waals surface area (Å²) in [6, 6.07) is 18.0. The van der Waals surface area contributed by atoms with Crippen LogP contribution in [0.5, 0.6) is 0 Å². The van der Waals surface area contributed by atoms with Crippen LogP contribution in [-0.2, 0) is 7.05 Å². The molecule has 0 aliphatic heterocycles. The van der Waals surface area contributed by atoms with Gasteiger partial charge >= 0.3 is 0 Å². The van der Waals surface area contributed by atoms with Crippen molar-refractivity contribution in [1.29, 1.82) is 0 Å². The first-order valence-electron chi connectivity index (χ1n) is 9.98. The lowest BCUT2D eigenvalue weighted by Gasteiger charge is -2.10. The highest BCUT2D eigenvalue weighted by Gasteiger charge is 2.23. The van der Waals surface area contributed by atoms with Crippen LogP contribution in [0.1, 0.15) is 16.7 Å². The molecule has 2 aromatic carbocycles. The Morgan fingerprint density at radius 3 is 2.37 bits per heavy atom. The van der Waals surface area contributed by atoms with Crippen LogP contribution < -0.4 is 4.57 Å². The number of rotatable bonds is 2. The largest absolute Gasteiger partial charge is 0.437 e. The van der Waals surface area contributed by atoms with Crippen molar-refractivity contribution in [3.05, 3.63) is 83.4 Å². The molecule has 0 radical (unpaired) electrons. The minimum absolute atomic E-state index is 0.324. The van der Waals surface area contributed by atoms with Crippen molar-refractivity contribution in [3.8, 4) is 22.4 Å². The molecule has 0 aliphatic rings. The van der Waals surface area contributed by atoms with Crippen LogP contribution in [-0.4, -0.2) is 4.98 Å². The van der Waals surface area contributed by atoms with Crippen molar-refractivity contribution in [2.45, 2.75) is 20.8 Å². The second kappa shape index (κ2) is 6.77. The van der Waals surface area contributed by atoms with Gasteiger partial charge in [0.1, 0.15) is 7.05 Å². The fourth-order valence-corrected chi connectivity index (χ4v) is 4.19. The topological polar surface area (TPSA) is 29.9 Å². The van der Waals surface area contributed by atoms with Crippen LogP contribution in [0.15, 0.2) is 65.2 Å². The molecular weight excluding hydrogens is 375 g/mol. The van der Waals surface area contributed by atoms with E-state index in [2.05, 4.69) is 72.9 Å². The molecule has 0 N–H and O–H groups in total. The van der Waals surface area contributed by atoms with Gasteiger partial charge in [-0.05, 0) is 49.6 Å². The lowest BCUT2D eigenvalue weighted by Crippen LogP contribution is -2.31. The number of benzene rings is 2. The molecule has 30 heavy (non-hydrogen) atoms. The van der Waals surface area contributed by atoms with Gasteiger partial charge in [0.25, 0.3) is 0 Å². The molecule has 4 heteroatoms. The summed E-state index contributed by atoms with van der Waals surface area (Å²) >= 11 is 0. The molecule has 3 aromatic heterocycles. The Bertz CT molecular complexity index is 1430. The minimum Gasteiger partial charge on any atom is -0.437 e. The maximum atomic E-state index is 13.7. The molecule has 3 nitrogen and oxygen atoms in total. The van der Waals surface area contributed by atoms with Gasteiger partial charge in [-0.15, -0.1) is 0 Å². The van der Waals surface area contributed by atoms with Crippen molar-refractivity contribution in [2.75, 3.05) is 0 Å². The monoisotopic (exact) mass is 397 g/mol. The first-order valence-corrected chi connectivity index (χ1v) is 9.98. The second-order valence-electron chi connectivity index (χ2n) is 7.96. The first-order chi connectivity index (χ1) is 14.4. The van der Waals surface area contributed by atoms with Gasteiger partial charge in [-0.25, -0.2) is 4.57 Å². The van der Waals surface area contributed by atoms with Gasteiger partial charge in [-0.1, -0.05) is 42.0 Å². The predicted molar refractivity (Wildman–Crippen MR) is 118 cm³/mol. The SMILES string of the molecule is Cc1ccc(-c2cc(-c3c(C)ccc4c3oc3nc(F)ccc34)[n+](C)cc2C)cc1. The Labute approximate surface area is 174 Å². The molecule has 0 atom stereocenters. The quantitative estimate of drug-likeness (QED) is 0.262. The van der Waals surface area contributed by atoms with Gasteiger partial charge < -0.3 is 4.42 Å². The van der Waals surface area contributed by atoms with Crippen molar-refractivity contribution in [3.63, 3.8) is 0 Å². The zero-order valence-corrected chi connectivity index (χ0v) is 17.5. The lowest BCUT2D eigenvalue weighted by atomic mass is 9.95. The van der Waals surface area contributed by atoms with Crippen LogP contribution in [0, 0.1) is 26.7 Å². The zero-order valence-electron chi connectivity index (χ0n) is 17.5. The summed E-state index contributed by atoms with van der Waals surface area (Å²) in [5.41, 5.74) is 8.99. The molecule has 0 fully saturated rings. The number of nitrogens with zero attached hydrogens (tertiary/aromatic N) is 2. The van der Waals surface area contributed by atoms with Crippen LogP contribution >= 0.6 is 0 Å². The molecule has 5 rings (SSSR count). The van der Waals surface area contributed by atoms with E-state index in [1.165, 1.54) is 28.3 Å². The summed E-state index contributed by atoms with van der Waals surface area (Å²) in [6.45, 7) is 6.29. The predicted octanol–water partition coefficient (Wildman–Crippen LogP) is 6.20. The van der Waals surface area contributed by atoms with Crippen LogP contribution in [0.25, 0.3) is 44.5 Å². The summed E-state index contributed by atoms with van der Waals surface area (Å²) in [5, 5.41) is 1.76. The summed E-state index contributed by atoms with van der Waals surface area (Å²) in [7, 11) is 2.04. The van der Waals surface area contributed by atoms with Gasteiger partial charge in [0.2, 0.25) is 17.4 Å². The number of furan rings is 1. The first kappa shape index (κ1) is 18.5. The molecule has 0 saturated heterocycles. The third-order valence-corrected chi connectivity index (χ3v) is 5.77. The zero-order chi connectivity index (χ0) is 21.0. The Morgan fingerprint density at radius 1 is 0.867 bits per heavy atom. The summed E-state index contributed by atoms with van der Waals surface area (Å²) < 4.78 is 21.9. The van der Waals surface area contributed by atoms with E-state index in [-0.39, 0.29) is 0 Å². The van der Waals surface area contributed by atoms with Gasteiger partial charge in [-0.2, -0.15) is 9.37 Å². The van der Waals surface area contributed by atoms with Crippen molar-refractivity contribution < 1.29 is 13.4 Å². The number of aromatic nitrogens is 2. The Kier molecular flexibility index (Phi) is 4.17. The molecule has 5 aromatic rings. The van der Waals surface area contributed by atoms with Crippen molar-refractivity contribution >= 4 is 22.1 Å². The number of aryl methyl sites for hydroxylation is 4. The van der Waals surface area contributed by atoms with Crippen molar-refractivity contribution in [1.82, 2.24) is 4.98 Å². The molecule has 3 heterocycles. The standard InChI is InChI=1S/C26H22FN2O/c1-15-5-8-18(9-6-15)21-13-22(29(4)14-17(21)3)24-16(2)7-10-19-20-11-12-23(27)28-26(20)30-25(19)24/h5-14H,1-4H3/q+1. The molecular formula is C26H22FN2O+. The average Bonchev–Trinajstić information content (AvgIpc) is 3.07. The van der Waals surface area contributed by atoms with Gasteiger partial charge in [0.15, 0.2) is 11.8 Å². The Hall–Kier alpha value is -3.53. The summed E-state index contributed by atoms with van der Waals surface area (Å²) in [5.74, 6) is -0.539. The fraction of sp³-hybridized carbons (Fsp3) is 0.154. The Morgan fingerprint density at radius 2 is 1.60 bits per heavy atom. The second-order valence-corrected chi connectivity index (χ2v) is 7.96. The summed E-state index contributed by atoms with van der Waals surface area (Å²) in [6.07, 6.45) is 2.14. The van der Waals surface area contributed by atoms with E-state index in [0.29, 0.717) is 5.71 Å². The highest BCUT2D eigenvalue weighted by atomic mass is 19.1. The minimum atomic E-state index is -0.539.